The van der Waals surface area contributed by atoms with Gasteiger partial charge in [-0.25, -0.2) is 4.79 Å². The number of ether oxygens (including phenoxy) is 2. The van der Waals surface area contributed by atoms with E-state index >= 15 is 0 Å². The molecule has 0 saturated carbocycles. The van der Waals surface area contributed by atoms with Crippen LogP contribution in [0.2, 0.25) is 0 Å². The van der Waals surface area contributed by atoms with Crippen molar-refractivity contribution < 1.29 is 19.1 Å². The van der Waals surface area contributed by atoms with Crippen molar-refractivity contribution in [3.05, 3.63) is 77.9 Å². The molecule has 1 aliphatic carbocycles. The topological polar surface area (TPSA) is 64.6 Å². The molecule has 2 atom stereocenters. The van der Waals surface area contributed by atoms with Gasteiger partial charge < -0.3 is 14.8 Å². The zero-order chi connectivity index (χ0) is 20.9. The van der Waals surface area contributed by atoms with Gasteiger partial charge in [-0.15, -0.1) is 0 Å². The van der Waals surface area contributed by atoms with Crippen molar-refractivity contribution in [1.82, 2.24) is 5.32 Å². The van der Waals surface area contributed by atoms with Gasteiger partial charge in [-0.1, -0.05) is 54.6 Å². The summed E-state index contributed by atoms with van der Waals surface area (Å²) in [5, 5.41) is 5.15. The van der Waals surface area contributed by atoms with Crippen LogP contribution in [0.25, 0.3) is 10.8 Å². The van der Waals surface area contributed by atoms with E-state index in [0.717, 1.165) is 35.6 Å². The van der Waals surface area contributed by atoms with Crippen molar-refractivity contribution in [2.75, 3.05) is 6.61 Å². The summed E-state index contributed by atoms with van der Waals surface area (Å²) in [6.07, 6.45) is 2.05. The molecule has 30 heavy (non-hydrogen) atoms. The highest BCUT2D eigenvalue weighted by atomic mass is 16.6. The Bertz CT molecular complexity index is 1060. The third-order valence-electron chi connectivity index (χ3n) is 5.44. The van der Waals surface area contributed by atoms with Crippen LogP contribution >= 0.6 is 0 Å². The molecule has 0 saturated heterocycles. The summed E-state index contributed by atoms with van der Waals surface area (Å²) >= 11 is 0. The SMILES string of the molecule is C[C@@H](OC(=O)COc1ccc2ccccc2c1)C(=O)N[C@@H]1CCCc2ccccc21. The van der Waals surface area contributed by atoms with E-state index in [1.54, 1.807) is 6.92 Å². The summed E-state index contributed by atoms with van der Waals surface area (Å²) < 4.78 is 10.8. The van der Waals surface area contributed by atoms with Gasteiger partial charge in [-0.2, -0.15) is 0 Å². The van der Waals surface area contributed by atoms with Gasteiger partial charge in [0, 0.05) is 0 Å². The molecular weight excluding hydrogens is 378 g/mol. The van der Waals surface area contributed by atoms with E-state index in [9.17, 15) is 9.59 Å². The van der Waals surface area contributed by atoms with E-state index in [1.807, 2.05) is 60.7 Å². The van der Waals surface area contributed by atoms with Crippen LogP contribution in [0.5, 0.6) is 5.75 Å². The Balaban J connectivity index is 1.29. The Labute approximate surface area is 176 Å². The van der Waals surface area contributed by atoms with E-state index in [4.69, 9.17) is 9.47 Å². The maximum atomic E-state index is 12.5. The molecule has 0 unspecified atom stereocenters. The van der Waals surface area contributed by atoms with Crippen LogP contribution in [-0.2, 0) is 20.7 Å². The first-order valence-corrected chi connectivity index (χ1v) is 10.3. The second-order valence-corrected chi connectivity index (χ2v) is 7.58. The fraction of sp³-hybridized carbons (Fsp3) is 0.280. The zero-order valence-corrected chi connectivity index (χ0v) is 17.0. The first kappa shape index (κ1) is 20.0. The van der Waals surface area contributed by atoms with E-state index in [0.29, 0.717) is 5.75 Å². The van der Waals surface area contributed by atoms with Gasteiger partial charge >= 0.3 is 5.97 Å². The number of carbonyl (C=O) groups is 2. The van der Waals surface area contributed by atoms with Crippen molar-refractivity contribution in [1.29, 1.82) is 0 Å². The normalized spacial score (nSPS) is 16.4. The number of nitrogens with one attached hydrogen (secondary N) is 1. The lowest BCUT2D eigenvalue weighted by Gasteiger charge is -2.27. The van der Waals surface area contributed by atoms with Crippen LogP contribution in [0, 0.1) is 0 Å². The van der Waals surface area contributed by atoms with Gasteiger partial charge in [0.1, 0.15) is 5.75 Å². The zero-order valence-electron chi connectivity index (χ0n) is 17.0. The molecule has 1 N–H and O–H groups in total. The van der Waals surface area contributed by atoms with E-state index < -0.39 is 12.1 Å². The number of fused-ring (bicyclic) bond motifs is 2. The average Bonchev–Trinajstić information content (AvgIpc) is 2.77. The fourth-order valence-corrected chi connectivity index (χ4v) is 3.88. The predicted molar refractivity (Wildman–Crippen MR) is 115 cm³/mol. The molecule has 3 aromatic carbocycles. The minimum absolute atomic E-state index is 0.0440. The second kappa shape index (κ2) is 8.99. The molecule has 4 rings (SSSR count). The Kier molecular flexibility index (Phi) is 5.98. The number of hydrogen-bond acceptors (Lipinski definition) is 4. The monoisotopic (exact) mass is 403 g/mol. The third kappa shape index (κ3) is 4.62. The molecule has 0 spiro atoms. The Morgan fingerprint density at radius 1 is 1.03 bits per heavy atom. The van der Waals surface area contributed by atoms with Crippen molar-refractivity contribution in [2.45, 2.75) is 38.3 Å². The molecule has 1 amide bonds. The lowest BCUT2D eigenvalue weighted by Crippen LogP contribution is -2.39. The highest BCUT2D eigenvalue weighted by Crippen LogP contribution is 2.29. The minimum atomic E-state index is -0.883. The second-order valence-electron chi connectivity index (χ2n) is 7.58. The molecule has 1 aliphatic rings. The molecule has 5 nitrogen and oxygen atoms in total. The van der Waals surface area contributed by atoms with Crippen molar-refractivity contribution >= 4 is 22.6 Å². The summed E-state index contributed by atoms with van der Waals surface area (Å²) in [5.41, 5.74) is 2.41. The number of hydrogen-bond donors (Lipinski definition) is 1. The highest BCUT2D eigenvalue weighted by Gasteiger charge is 2.25. The number of aryl methyl sites for hydroxylation is 1. The number of esters is 1. The van der Waals surface area contributed by atoms with Gasteiger partial charge in [0.15, 0.2) is 12.7 Å². The largest absolute Gasteiger partial charge is 0.482 e. The number of amides is 1. The molecular formula is C25H25NO4. The quantitative estimate of drug-likeness (QED) is 0.622. The molecule has 0 aliphatic heterocycles. The molecule has 154 valence electrons. The number of rotatable bonds is 6. The summed E-state index contributed by atoms with van der Waals surface area (Å²) in [6, 6.07) is 21.6. The maximum Gasteiger partial charge on any atom is 0.344 e. The summed E-state index contributed by atoms with van der Waals surface area (Å²) in [5.74, 6) is -0.285. The van der Waals surface area contributed by atoms with Crippen LogP contribution in [0.3, 0.4) is 0 Å². The Morgan fingerprint density at radius 3 is 2.67 bits per heavy atom. The molecule has 0 radical (unpaired) electrons. The number of carbonyl (C=O) groups excluding carboxylic acids is 2. The van der Waals surface area contributed by atoms with Gasteiger partial charge in [0.25, 0.3) is 5.91 Å². The smallest absolute Gasteiger partial charge is 0.344 e. The lowest BCUT2D eigenvalue weighted by molar-refractivity contribution is -0.156. The van der Waals surface area contributed by atoms with Gasteiger partial charge in [0.05, 0.1) is 6.04 Å². The Hall–Kier alpha value is -3.34. The molecule has 3 aromatic rings. The number of benzene rings is 3. The first-order chi connectivity index (χ1) is 14.6. The summed E-state index contributed by atoms with van der Waals surface area (Å²) in [4.78, 5) is 24.7. The Morgan fingerprint density at radius 2 is 1.80 bits per heavy atom. The lowest BCUT2D eigenvalue weighted by atomic mass is 9.87. The van der Waals surface area contributed by atoms with Gasteiger partial charge in [-0.3, -0.25) is 4.79 Å². The van der Waals surface area contributed by atoms with Crippen LogP contribution in [0.15, 0.2) is 66.7 Å². The van der Waals surface area contributed by atoms with Crippen LogP contribution in [0.1, 0.15) is 36.9 Å². The maximum absolute atomic E-state index is 12.5. The molecule has 0 aromatic heterocycles. The average molecular weight is 403 g/mol. The highest BCUT2D eigenvalue weighted by molar-refractivity contribution is 5.85. The predicted octanol–water partition coefficient (Wildman–Crippen LogP) is 4.34. The van der Waals surface area contributed by atoms with Crippen LogP contribution in [-0.4, -0.2) is 24.6 Å². The van der Waals surface area contributed by atoms with Crippen LogP contribution < -0.4 is 10.1 Å². The standard InChI is InChI=1S/C25H25NO4/c1-17(25(28)26-23-12-6-10-19-8-4-5-11-22(19)23)30-24(27)16-29-21-14-13-18-7-2-3-9-20(18)15-21/h2-5,7-9,11,13-15,17,23H,6,10,12,16H2,1H3,(H,26,28)/t17-,23-/m1/s1. The van der Waals surface area contributed by atoms with Crippen LogP contribution in [0.4, 0.5) is 0 Å². The summed E-state index contributed by atoms with van der Waals surface area (Å²) in [7, 11) is 0. The van der Waals surface area contributed by atoms with E-state index in [1.165, 1.54) is 5.56 Å². The van der Waals surface area contributed by atoms with Crippen molar-refractivity contribution in [2.24, 2.45) is 0 Å². The molecule has 0 heterocycles. The van der Waals surface area contributed by atoms with E-state index in [-0.39, 0.29) is 18.6 Å². The van der Waals surface area contributed by atoms with Crippen molar-refractivity contribution in [3.8, 4) is 5.75 Å². The molecule has 0 bridgehead atoms. The fourth-order valence-electron chi connectivity index (χ4n) is 3.88. The van der Waals surface area contributed by atoms with Crippen molar-refractivity contribution in [3.63, 3.8) is 0 Å². The van der Waals surface area contributed by atoms with E-state index in [2.05, 4.69) is 11.4 Å². The summed E-state index contributed by atoms with van der Waals surface area (Å²) in [6.45, 7) is 1.33. The minimum Gasteiger partial charge on any atom is -0.482 e. The molecule has 0 fully saturated rings. The van der Waals surface area contributed by atoms with Gasteiger partial charge in [0.2, 0.25) is 0 Å². The molecule has 5 heteroatoms. The van der Waals surface area contributed by atoms with Gasteiger partial charge in [-0.05, 0) is 60.2 Å². The first-order valence-electron chi connectivity index (χ1n) is 10.3. The third-order valence-corrected chi connectivity index (χ3v) is 5.44.